The van der Waals surface area contributed by atoms with Gasteiger partial charge in [0.05, 0.1) is 17.1 Å². The maximum absolute atomic E-state index is 12.4. The van der Waals surface area contributed by atoms with Gasteiger partial charge in [-0.2, -0.15) is 4.98 Å². The SMILES string of the molecule is Nc1nc(C2CC2)c(N2CCN(c3ccccc3)CC2)c(=O)[nH]1.Nc1nc(Cl)c(N2CCN(c3ccccc3)CC2)c(C2CC2)n1.O=P(Cl)(Cl)Cl. The number of nitrogens with two attached hydrogens (primary N) is 2. The van der Waals surface area contributed by atoms with E-state index in [0.29, 0.717) is 17.0 Å². The molecule has 0 radical (unpaired) electrons. The molecule has 0 amide bonds. The number of H-pyrrole nitrogens is 1. The molecule has 272 valence electrons. The number of piperazine rings is 2. The number of nitrogens with zero attached hydrogens (tertiary/aromatic N) is 7. The van der Waals surface area contributed by atoms with Crippen LogP contribution in [0.4, 0.5) is 34.6 Å². The van der Waals surface area contributed by atoms with Crippen LogP contribution >= 0.6 is 50.5 Å². The number of hydrogen-bond acceptors (Lipinski definition) is 11. The Bertz CT molecular complexity index is 1870. The molecule has 4 aliphatic rings. The molecule has 0 spiro atoms. The lowest BCUT2D eigenvalue weighted by atomic mass is 10.2. The van der Waals surface area contributed by atoms with Gasteiger partial charge < -0.3 is 31.1 Å². The van der Waals surface area contributed by atoms with Crippen molar-refractivity contribution >= 4 is 85.2 Å². The Morgan fingerprint density at radius 1 is 0.627 bits per heavy atom. The van der Waals surface area contributed by atoms with Gasteiger partial charge in [0.1, 0.15) is 5.69 Å². The first kappa shape index (κ1) is 37.4. The third kappa shape index (κ3) is 10.4. The van der Waals surface area contributed by atoms with Crippen molar-refractivity contribution in [2.24, 2.45) is 0 Å². The van der Waals surface area contributed by atoms with E-state index in [-0.39, 0.29) is 17.5 Å². The summed E-state index contributed by atoms with van der Waals surface area (Å²) in [6, 6.07) is 20.9. The Labute approximate surface area is 316 Å². The van der Waals surface area contributed by atoms with E-state index in [1.54, 1.807) is 0 Å². The van der Waals surface area contributed by atoms with Crippen LogP contribution in [-0.4, -0.2) is 72.3 Å². The minimum atomic E-state index is -3.22. The summed E-state index contributed by atoms with van der Waals surface area (Å²) < 4.78 is 9.51. The van der Waals surface area contributed by atoms with Gasteiger partial charge in [-0.25, -0.2) is 9.97 Å². The minimum Gasteiger partial charge on any atom is -0.369 e. The second kappa shape index (κ2) is 16.5. The van der Waals surface area contributed by atoms with E-state index >= 15 is 0 Å². The monoisotopic (exact) mass is 792 g/mol. The van der Waals surface area contributed by atoms with Crippen LogP contribution in [0, 0.1) is 0 Å². The van der Waals surface area contributed by atoms with E-state index in [1.165, 1.54) is 24.2 Å². The Balaban J connectivity index is 0.000000156. The fraction of sp³-hybridized carbons (Fsp3) is 0.412. The molecule has 51 heavy (non-hydrogen) atoms. The van der Waals surface area contributed by atoms with Crippen molar-refractivity contribution in [3.8, 4) is 0 Å². The normalized spacial score (nSPS) is 17.6. The van der Waals surface area contributed by atoms with Crippen molar-refractivity contribution in [1.29, 1.82) is 0 Å². The summed E-state index contributed by atoms with van der Waals surface area (Å²) in [5.74, 6) is 1.41. The second-order valence-electron chi connectivity index (χ2n) is 12.9. The van der Waals surface area contributed by atoms with E-state index in [4.69, 9.17) is 23.1 Å². The third-order valence-corrected chi connectivity index (χ3v) is 9.45. The number of nitrogens with one attached hydrogen (secondary N) is 1. The molecule has 0 bridgehead atoms. The summed E-state index contributed by atoms with van der Waals surface area (Å²) in [5.41, 5.74) is 17.6. The molecule has 8 rings (SSSR count). The van der Waals surface area contributed by atoms with Crippen LogP contribution in [0.5, 0.6) is 0 Å². The van der Waals surface area contributed by atoms with Gasteiger partial charge in [0.15, 0.2) is 5.15 Å². The molecule has 2 aromatic carbocycles. The maximum atomic E-state index is 12.4. The van der Waals surface area contributed by atoms with Gasteiger partial charge in [0.25, 0.3) is 5.56 Å². The minimum absolute atomic E-state index is 0.104. The molecule has 2 aliphatic heterocycles. The molecule has 2 saturated heterocycles. The maximum Gasteiger partial charge on any atom is 0.339 e. The van der Waals surface area contributed by atoms with Crippen molar-refractivity contribution in [3.63, 3.8) is 0 Å². The van der Waals surface area contributed by atoms with Gasteiger partial charge in [-0.05, 0) is 83.7 Å². The molecule has 2 saturated carbocycles. The van der Waals surface area contributed by atoms with Crippen LogP contribution in [0.1, 0.15) is 48.9 Å². The zero-order valence-electron chi connectivity index (χ0n) is 28.0. The highest BCUT2D eigenvalue weighted by molar-refractivity contribution is 8.24. The molecular weight excluding hydrogens is 753 g/mol. The predicted molar refractivity (Wildman–Crippen MR) is 212 cm³/mol. The van der Waals surface area contributed by atoms with Crippen molar-refractivity contribution in [3.05, 3.63) is 87.6 Å². The summed E-state index contributed by atoms with van der Waals surface area (Å²) in [6.07, 6.45) is 4.55. The Hall–Kier alpha value is -3.41. The molecule has 2 aliphatic carbocycles. The quantitative estimate of drug-likeness (QED) is 0.133. The first-order valence-corrected chi connectivity index (χ1v) is 21.8. The van der Waals surface area contributed by atoms with E-state index in [9.17, 15) is 9.36 Å². The van der Waals surface area contributed by atoms with Crippen molar-refractivity contribution in [1.82, 2.24) is 19.9 Å². The summed E-state index contributed by atoms with van der Waals surface area (Å²) in [6.45, 7) is 7.22. The molecule has 0 unspecified atom stereocenters. The molecule has 5 N–H and O–H groups in total. The van der Waals surface area contributed by atoms with Gasteiger partial charge in [-0.15, -0.1) is 0 Å². The van der Waals surface area contributed by atoms with E-state index in [1.807, 2.05) is 12.1 Å². The fourth-order valence-electron chi connectivity index (χ4n) is 6.50. The van der Waals surface area contributed by atoms with Crippen LogP contribution in [0.15, 0.2) is 65.5 Å². The topological polar surface area (TPSA) is 154 Å². The van der Waals surface area contributed by atoms with Crippen LogP contribution in [0.2, 0.25) is 5.15 Å². The van der Waals surface area contributed by atoms with Crippen LogP contribution in [0.25, 0.3) is 0 Å². The summed E-state index contributed by atoms with van der Waals surface area (Å²) in [4.78, 5) is 37.4. The number of para-hydroxylation sites is 2. The van der Waals surface area contributed by atoms with Gasteiger partial charge in [-0.1, -0.05) is 48.0 Å². The number of benzene rings is 2. The van der Waals surface area contributed by atoms with Crippen LogP contribution in [0.3, 0.4) is 0 Å². The standard InChI is InChI=1S/C17H20ClN5.C17H21N5O.Cl3OP/c18-16-15(14(12-6-7-12)20-17(19)21-16)23-10-8-22(9-11-23)13-4-2-1-3-5-13;18-17-19-14(12-6-7-12)15(16(23)20-17)22-10-8-21(9-11-22)13-4-2-1-3-5-13;1-5(2,3)4/h1-5,12H,6-11H2,(H2,19,20,21);1-5,12H,6-11H2,(H3,18,19,20,23);. The summed E-state index contributed by atoms with van der Waals surface area (Å²) in [7, 11) is 0. The highest BCUT2D eigenvalue weighted by Crippen LogP contribution is 2.61. The van der Waals surface area contributed by atoms with E-state index < -0.39 is 5.20 Å². The molecule has 4 heterocycles. The van der Waals surface area contributed by atoms with Crippen LogP contribution < -0.4 is 36.6 Å². The third-order valence-electron chi connectivity index (χ3n) is 9.19. The number of anilines is 6. The number of hydrogen-bond donors (Lipinski definition) is 3. The number of aromatic amines is 1. The largest absolute Gasteiger partial charge is 0.369 e. The van der Waals surface area contributed by atoms with Gasteiger partial charge in [-0.3, -0.25) is 14.3 Å². The van der Waals surface area contributed by atoms with Crippen molar-refractivity contribution < 1.29 is 4.57 Å². The van der Waals surface area contributed by atoms with E-state index in [0.717, 1.165) is 88.0 Å². The fourth-order valence-corrected chi connectivity index (χ4v) is 6.80. The first-order valence-electron chi connectivity index (χ1n) is 17.0. The zero-order chi connectivity index (χ0) is 36.1. The molecule has 17 heteroatoms. The average molecular weight is 795 g/mol. The van der Waals surface area contributed by atoms with Crippen molar-refractivity contribution in [2.45, 2.75) is 37.5 Å². The first-order chi connectivity index (χ1) is 24.4. The lowest BCUT2D eigenvalue weighted by Crippen LogP contribution is -2.48. The Morgan fingerprint density at radius 2 is 1.02 bits per heavy atom. The molecule has 12 nitrogen and oxygen atoms in total. The average Bonchev–Trinajstić information content (AvgIpc) is 4.03. The molecule has 0 atom stereocenters. The number of nitrogen functional groups attached to an aromatic ring is 2. The van der Waals surface area contributed by atoms with E-state index in [2.05, 4.69) is 122 Å². The molecule has 4 aromatic rings. The lowest BCUT2D eigenvalue weighted by Gasteiger charge is -2.38. The predicted octanol–water partition coefficient (Wildman–Crippen LogP) is 7.28. The summed E-state index contributed by atoms with van der Waals surface area (Å²) >= 11 is 20.3. The zero-order valence-corrected chi connectivity index (χ0v) is 31.9. The highest BCUT2D eigenvalue weighted by Gasteiger charge is 2.34. The Morgan fingerprint density at radius 3 is 1.45 bits per heavy atom. The van der Waals surface area contributed by atoms with Gasteiger partial charge >= 0.3 is 5.20 Å². The molecular formula is C34H41Cl4N10O2P. The Kier molecular flexibility index (Phi) is 12.1. The van der Waals surface area contributed by atoms with Gasteiger partial charge in [0, 0.05) is 75.6 Å². The molecule has 2 aromatic heterocycles. The summed E-state index contributed by atoms with van der Waals surface area (Å²) in [5, 5.41) is -2.73. The van der Waals surface area contributed by atoms with Gasteiger partial charge in [0.2, 0.25) is 11.9 Å². The van der Waals surface area contributed by atoms with Crippen LogP contribution in [-0.2, 0) is 4.57 Å². The van der Waals surface area contributed by atoms with Crippen molar-refractivity contribution in [2.75, 3.05) is 83.4 Å². The number of rotatable bonds is 6. The number of halogens is 4. The highest BCUT2D eigenvalue weighted by atomic mass is 36.0. The smallest absolute Gasteiger partial charge is 0.339 e. The number of aromatic nitrogens is 4. The molecule has 4 fully saturated rings. The lowest BCUT2D eigenvalue weighted by molar-refractivity contribution is 0.600. The second-order valence-corrected chi connectivity index (χ2v) is 19.9.